The molecular weight excluding hydrogens is 292 g/mol. The minimum absolute atomic E-state index is 0. The molecular formula is C17H22N4O2. The number of rotatable bonds is 5. The number of hydrogen-bond donors (Lipinski definition) is 4. The van der Waals surface area contributed by atoms with E-state index in [1.807, 2.05) is 43.3 Å². The third-order valence-corrected chi connectivity index (χ3v) is 3.27. The van der Waals surface area contributed by atoms with Crippen molar-refractivity contribution in [3.05, 3.63) is 77.7 Å². The van der Waals surface area contributed by atoms with Crippen LogP contribution in [0.1, 0.15) is 24.7 Å². The molecule has 0 spiro atoms. The van der Waals surface area contributed by atoms with Gasteiger partial charge in [-0.25, -0.2) is 0 Å². The van der Waals surface area contributed by atoms with E-state index in [0.29, 0.717) is 12.1 Å². The predicted octanol–water partition coefficient (Wildman–Crippen LogP) is 2.88. The van der Waals surface area contributed by atoms with Crippen molar-refractivity contribution in [2.45, 2.75) is 13.5 Å². The first-order valence-electron chi connectivity index (χ1n) is 7.30. The molecule has 0 unspecified atom stereocenters. The van der Waals surface area contributed by atoms with Gasteiger partial charge >= 0.3 is 0 Å². The van der Waals surface area contributed by atoms with Gasteiger partial charge in [0.1, 0.15) is 17.3 Å². The number of carbonyl (C=O) groups excluding carboxylic acids is 1. The van der Waals surface area contributed by atoms with E-state index >= 15 is 0 Å². The van der Waals surface area contributed by atoms with E-state index < -0.39 is 0 Å². The summed E-state index contributed by atoms with van der Waals surface area (Å²) in [6, 6.07) is 11.0. The molecule has 2 aromatic rings. The third kappa shape index (κ3) is 3.94. The largest absolute Gasteiger partial charge is 0.465 e. The second-order valence-corrected chi connectivity index (χ2v) is 5.11. The molecule has 4 N–H and O–H groups in total. The Balaban J connectivity index is 0.00000156. The maximum absolute atomic E-state index is 12.2. The Morgan fingerprint density at radius 3 is 2.96 bits per heavy atom. The van der Waals surface area contributed by atoms with E-state index in [0.717, 1.165) is 23.0 Å². The number of furan rings is 1. The van der Waals surface area contributed by atoms with Gasteiger partial charge in [0, 0.05) is 20.3 Å². The average molecular weight is 314 g/mol. The van der Waals surface area contributed by atoms with Crippen molar-refractivity contribution in [1.82, 2.24) is 16.2 Å². The van der Waals surface area contributed by atoms with E-state index in [2.05, 4.69) is 21.5 Å². The molecule has 6 nitrogen and oxygen atoms in total. The molecule has 23 heavy (non-hydrogen) atoms. The molecule has 0 fully saturated rings. The zero-order chi connectivity index (χ0) is 16.1. The molecule has 0 bridgehead atoms. The molecule has 122 valence electrons. The molecule has 0 saturated carbocycles. The Hall–Kier alpha value is -3.15. The Labute approximate surface area is 137 Å². The molecule has 1 aromatic carbocycles. The quantitative estimate of drug-likeness (QED) is 0.682. The zero-order valence-electron chi connectivity index (χ0n) is 12.7. The number of hydrazine groups is 1. The van der Waals surface area contributed by atoms with Crippen molar-refractivity contribution >= 4 is 11.6 Å². The van der Waals surface area contributed by atoms with E-state index in [9.17, 15) is 4.79 Å². The molecule has 1 aliphatic rings. The number of hydrogen-bond acceptors (Lipinski definition) is 5. The van der Waals surface area contributed by atoms with Crippen LogP contribution in [0.15, 0.2) is 65.0 Å². The summed E-state index contributed by atoms with van der Waals surface area (Å²) in [6.07, 6.45) is 5.55. The zero-order valence-corrected chi connectivity index (χ0v) is 12.7. The number of anilines is 1. The van der Waals surface area contributed by atoms with Crippen LogP contribution in [0, 0.1) is 6.92 Å². The van der Waals surface area contributed by atoms with Gasteiger partial charge < -0.3 is 20.5 Å². The SMILES string of the molecule is Cc1ccc(CNC(=O)c2cccc(NC3=CC=CNN3)c2)o1.[HH].[HH]. The van der Waals surface area contributed by atoms with Crippen LogP contribution in [0.4, 0.5) is 5.69 Å². The fourth-order valence-electron chi connectivity index (χ4n) is 2.17. The van der Waals surface area contributed by atoms with Crippen LogP contribution in [0.2, 0.25) is 0 Å². The third-order valence-electron chi connectivity index (χ3n) is 3.27. The highest BCUT2D eigenvalue weighted by molar-refractivity contribution is 5.95. The lowest BCUT2D eigenvalue weighted by atomic mass is 10.2. The first kappa shape index (κ1) is 14.8. The Morgan fingerprint density at radius 1 is 1.30 bits per heavy atom. The number of amides is 1. The molecule has 0 aliphatic carbocycles. The van der Waals surface area contributed by atoms with Crippen molar-refractivity contribution in [2.75, 3.05) is 5.32 Å². The van der Waals surface area contributed by atoms with Gasteiger partial charge in [-0.05, 0) is 49.4 Å². The number of allylic oxidation sites excluding steroid dienone is 2. The van der Waals surface area contributed by atoms with Gasteiger partial charge in [0.15, 0.2) is 0 Å². The summed E-state index contributed by atoms with van der Waals surface area (Å²) in [6.45, 7) is 2.24. The van der Waals surface area contributed by atoms with Crippen LogP contribution in [0.5, 0.6) is 0 Å². The van der Waals surface area contributed by atoms with E-state index in [4.69, 9.17) is 4.42 Å². The van der Waals surface area contributed by atoms with Gasteiger partial charge in [0.25, 0.3) is 5.91 Å². The summed E-state index contributed by atoms with van der Waals surface area (Å²) in [5, 5.41) is 6.04. The summed E-state index contributed by atoms with van der Waals surface area (Å²) in [4.78, 5) is 12.2. The first-order valence-corrected chi connectivity index (χ1v) is 7.30. The first-order chi connectivity index (χ1) is 11.2. The van der Waals surface area contributed by atoms with Crippen LogP contribution in [-0.4, -0.2) is 5.91 Å². The molecule has 0 atom stereocenters. The van der Waals surface area contributed by atoms with Crippen molar-refractivity contribution in [3.8, 4) is 0 Å². The predicted molar refractivity (Wildman–Crippen MR) is 92.4 cm³/mol. The van der Waals surface area contributed by atoms with Crippen LogP contribution >= 0.6 is 0 Å². The molecule has 3 rings (SSSR count). The molecule has 0 radical (unpaired) electrons. The highest BCUT2D eigenvalue weighted by Crippen LogP contribution is 2.13. The highest BCUT2D eigenvalue weighted by atomic mass is 16.3. The standard InChI is InChI=1S/C17H18N4O2.2H2/c1-12-7-8-15(23-12)11-18-17(22)13-4-2-5-14(10-13)20-16-6-3-9-19-21-16;;/h2-10,19-21H,11H2,1H3,(H,18,22);2*1H. The van der Waals surface area contributed by atoms with Gasteiger partial charge in [0.05, 0.1) is 6.54 Å². The normalized spacial score (nSPS) is 12.8. The fraction of sp³-hybridized carbons (Fsp3) is 0.118. The van der Waals surface area contributed by atoms with E-state index in [1.54, 1.807) is 18.3 Å². The van der Waals surface area contributed by atoms with Crippen LogP contribution in [-0.2, 0) is 6.54 Å². The topological polar surface area (TPSA) is 78.3 Å². The fourth-order valence-corrected chi connectivity index (χ4v) is 2.17. The summed E-state index contributed by atoms with van der Waals surface area (Å²) in [7, 11) is 0. The second-order valence-electron chi connectivity index (χ2n) is 5.11. The molecule has 2 heterocycles. The Morgan fingerprint density at radius 2 is 2.22 bits per heavy atom. The van der Waals surface area contributed by atoms with Crippen molar-refractivity contribution in [1.29, 1.82) is 0 Å². The summed E-state index contributed by atoms with van der Waals surface area (Å²) in [5.74, 6) is 2.22. The lowest BCUT2D eigenvalue weighted by molar-refractivity contribution is 0.0948. The van der Waals surface area contributed by atoms with Crippen LogP contribution in [0.25, 0.3) is 0 Å². The van der Waals surface area contributed by atoms with Crippen LogP contribution < -0.4 is 21.5 Å². The van der Waals surface area contributed by atoms with Gasteiger partial charge in [-0.2, -0.15) is 0 Å². The van der Waals surface area contributed by atoms with Crippen molar-refractivity contribution in [2.24, 2.45) is 0 Å². The maximum Gasteiger partial charge on any atom is 0.251 e. The number of nitrogens with one attached hydrogen (secondary N) is 4. The average Bonchev–Trinajstić information content (AvgIpc) is 2.99. The molecule has 1 aliphatic heterocycles. The minimum atomic E-state index is -0.147. The second kappa shape index (κ2) is 6.74. The van der Waals surface area contributed by atoms with Crippen molar-refractivity contribution < 1.29 is 12.1 Å². The maximum atomic E-state index is 12.2. The highest BCUT2D eigenvalue weighted by Gasteiger charge is 2.08. The Kier molecular flexibility index (Phi) is 4.33. The van der Waals surface area contributed by atoms with Crippen molar-refractivity contribution in [3.63, 3.8) is 0 Å². The number of aryl methyl sites for hydroxylation is 1. The lowest BCUT2D eigenvalue weighted by Gasteiger charge is -2.16. The Bertz CT molecular complexity index is 772. The minimum Gasteiger partial charge on any atom is -0.465 e. The van der Waals surface area contributed by atoms with Gasteiger partial charge in [-0.1, -0.05) is 6.07 Å². The van der Waals surface area contributed by atoms with E-state index in [-0.39, 0.29) is 8.76 Å². The summed E-state index contributed by atoms with van der Waals surface area (Å²) in [5.41, 5.74) is 7.25. The smallest absolute Gasteiger partial charge is 0.251 e. The molecule has 1 amide bonds. The summed E-state index contributed by atoms with van der Waals surface area (Å²) < 4.78 is 5.44. The van der Waals surface area contributed by atoms with Crippen LogP contribution in [0.3, 0.4) is 0 Å². The molecule has 0 saturated heterocycles. The lowest BCUT2D eigenvalue weighted by Crippen LogP contribution is -2.31. The van der Waals surface area contributed by atoms with Gasteiger partial charge in [-0.3, -0.25) is 10.2 Å². The monoisotopic (exact) mass is 314 g/mol. The number of carbonyl (C=O) groups is 1. The van der Waals surface area contributed by atoms with E-state index in [1.165, 1.54) is 0 Å². The number of benzene rings is 1. The molecule has 6 heteroatoms. The molecule has 1 aromatic heterocycles. The summed E-state index contributed by atoms with van der Waals surface area (Å²) >= 11 is 0. The van der Waals surface area contributed by atoms with Gasteiger partial charge in [-0.15, -0.1) is 0 Å². The van der Waals surface area contributed by atoms with Gasteiger partial charge in [0.2, 0.25) is 0 Å².